The summed E-state index contributed by atoms with van der Waals surface area (Å²) in [4.78, 5) is 0. The molecule has 7 heteroatoms. The lowest BCUT2D eigenvalue weighted by molar-refractivity contribution is -0.0498. The van der Waals surface area contributed by atoms with Gasteiger partial charge < -0.3 is 14.8 Å². The maximum absolute atomic E-state index is 12.4. The smallest absolute Gasteiger partial charge is 0.387 e. The van der Waals surface area contributed by atoms with Gasteiger partial charge in [-0.25, -0.2) is 0 Å². The fraction of sp³-hybridized carbons (Fsp3) is 0.455. The molecule has 1 aromatic rings. The van der Waals surface area contributed by atoms with E-state index < -0.39 is 6.61 Å². The highest BCUT2D eigenvalue weighted by atomic mass is 79.9. The van der Waals surface area contributed by atoms with Crippen LogP contribution in [0.15, 0.2) is 16.6 Å². The van der Waals surface area contributed by atoms with E-state index in [-0.39, 0.29) is 11.8 Å². The number of halogens is 4. The predicted molar refractivity (Wildman–Crippen MR) is 68.6 cm³/mol. The zero-order valence-corrected chi connectivity index (χ0v) is 11.6. The molecule has 0 radical (unpaired) electrons. The summed E-state index contributed by atoms with van der Waals surface area (Å²) in [5.74, 6) is 0.0568. The molecule has 100 valence electrons. The molecule has 0 aliphatic carbocycles. The van der Waals surface area contributed by atoms with Crippen LogP contribution in [0.1, 0.15) is 6.42 Å². The van der Waals surface area contributed by atoms with E-state index in [1.165, 1.54) is 6.07 Å². The van der Waals surface area contributed by atoms with Gasteiger partial charge in [0.05, 0.1) is 22.8 Å². The highest BCUT2D eigenvalue weighted by Gasteiger charge is 2.20. The monoisotopic (exact) mass is 341 g/mol. The molecule has 18 heavy (non-hydrogen) atoms. The van der Waals surface area contributed by atoms with Crippen LogP contribution < -0.4 is 10.1 Å². The molecule has 0 bridgehead atoms. The molecule has 1 N–H and O–H groups in total. The van der Waals surface area contributed by atoms with Gasteiger partial charge in [0.2, 0.25) is 0 Å². The molecule has 1 atom stereocenters. The third-order valence-electron chi connectivity index (χ3n) is 2.50. The second-order valence-electron chi connectivity index (χ2n) is 3.85. The Bertz CT molecular complexity index is 428. The van der Waals surface area contributed by atoms with E-state index in [1.807, 2.05) is 0 Å². The number of ether oxygens (including phenoxy) is 2. The summed E-state index contributed by atoms with van der Waals surface area (Å²) in [5.41, 5.74) is 0.435. The van der Waals surface area contributed by atoms with Crippen molar-refractivity contribution in [2.75, 3.05) is 18.5 Å². The van der Waals surface area contributed by atoms with E-state index in [0.29, 0.717) is 28.4 Å². The van der Waals surface area contributed by atoms with Gasteiger partial charge in [0.1, 0.15) is 0 Å². The van der Waals surface area contributed by atoms with Crippen molar-refractivity contribution in [2.24, 2.45) is 0 Å². The second kappa shape index (κ2) is 6.04. The normalized spacial score (nSPS) is 19.3. The Balaban J connectivity index is 2.24. The van der Waals surface area contributed by atoms with Crippen molar-refractivity contribution in [1.29, 1.82) is 0 Å². The molecule has 0 saturated carbocycles. The largest absolute Gasteiger partial charge is 0.431 e. The lowest BCUT2D eigenvalue weighted by Crippen LogP contribution is -2.20. The van der Waals surface area contributed by atoms with Crippen molar-refractivity contribution in [3.63, 3.8) is 0 Å². The molecule has 0 amide bonds. The third kappa shape index (κ3) is 3.46. The van der Waals surface area contributed by atoms with Crippen LogP contribution in [0.3, 0.4) is 0 Å². The molecule has 2 rings (SSSR count). The summed E-state index contributed by atoms with van der Waals surface area (Å²) in [7, 11) is 0. The van der Waals surface area contributed by atoms with Crippen molar-refractivity contribution in [3.05, 3.63) is 21.6 Å². The predicted octanol–water partition coefficient (Wildman–Crippen LogP) is 3.90. The first-order valence-corrected chi connectivity index (χ1v) is 6.51. The lowest BCUT2D eigenvalue weighted by Gasteiger charge is -2.18. The topological polar surface area (TPSA) is 30.5 Å². The van der Waals surface area contributed by atoms with Gasteiger partial charge in [-0.15, -0.1) is 0 Å². The number of benzene rings is 1. The average Bonchev–Trinajstić information content (AvgIpc) is 2.75. The average molecular weight is 343 g/mol. The van der Waals surface area contributed by atoms with Crippen molar-refractivity contribution in [2.45, 2.75) is 19.1 Å². The maximum Gasteiger partial charge on any atom is 0.387 e. The van der Waals surface area contributed by atoms with Crippen LogP contribution >= 0.6 is 27.5 Å². The lowest BCUT2D eigenvalue weighted by atomic mass is 10.2. The Kier molecular flexibility index (Phi) is 4.64. The van der Waals surface area contributed by atoms with Crippen LogP contribution in [0.5, 0.6) is 5.75 Å². The van der Waals surface area contributed by atoms with E-state index in [0.717, 1.165) is 6.42 Å². The molecule has 1 saturated heterocycles. The molecule has 1 aliphatic rings. The maximum atomic E-state index is 12.4. The van der Waals surface area contributed by atoms with Gasteiger partial charge in [0.15, 0.2) is 5.75 Å². The zero-order chi connectivity index (χ0) is 13.1. The quantitative estimate of drug-likeness (QED) is 0.900. The number of nitrogens with one attached hydrogen (secondary N) is 1. The van der Waals surface area contributed by atoms with Crippen LogP contribution in [0, 0.1) is 0 Å². The third-order valence-corrected chi connectivity index (χ3v) is 3.31. The molecule has 1 aliphatic heterocycles. The first-order chi connectivity index (χ1) is 8.56. The number of hydrogen-bond donors (Lipinski definition) is 1. The second-order valence-corrected chi connectivity index (χ2v) is 5.14. The fourth-order valence-corrected chi connectivity index (χ4v) is 2.65. The van der Waals surface area contributed by atoms with Gasteiger partial charge in [-0.1, -0.05) is 11.6 Å². The van der Waals surface area contributed by atoms with E-state index in [4.69, 9.17) is 16.3 Å². The minimum atomic E-state index is -2.89. The van der Waals surface area contributed by atoms with E-state index in [9.17, 15) is 8.78 Å². The van der Waals surface area contributed by atoms with Crippen molar-refractivity contribution < 1.29 is 18.3 Å². The first-order valence-electron chi connectivity index (χ1n) is 5.34. The van der Waals surface area contributed by atoms with E-state index in [1.54, 1.807) is 6.07 Å². The number of rotatable bonds is 4. The number of hydrogen-bond acceptors (Lipinski definition) is 3. The molecule has 0 spiro atoms. The molecule has 0 aromatic heterocycles. The molecular weight excluding hydrogens is 331 g/mol. The van der Waals surface area contributed by atoms with Gasteiger partial charge in [-0.2, -0.15) is 8.78 Å². The Morgan fingerprint density at radius 1 is 1.50 bits per heavy atom. The first kappa shape index (κ1) is 13.8. The molecule has 1 heterocycles. The molecule has 1 unspecified atom stereocenters. The number of anilines is 1. The van der Waals surface area contributed by atoms with E-state index >= 15 is 0 Å². The Morgan fingerprint density at radius 3 is 2.89 bits per heavy atom. The SMILES string of the molecule is FC(F)Oc1c(Br)cc(Cl)cc1NC1CCOC1. The van der Waals surface area contributed by atoms with Crippen LogP contribution in [-0.2, 0) is 4.74 Å². The van der Waals surface area contributed by atoms with Crippen LogP contribution in [-0.4, -0.2) is 25.9 Å². The highest BCUT2D eigenvalue weighted by molar-refractivity contribution is 9.10. The summed E-state index contributed by atoms with van der Waals surface area (Å²) < 4.78 is 34.8. The Labute approximate surface area is 117 Å². The summed E-state index contributed by atoms with van der Waals surface area (Å²) in [5, 5.41) is 3.53. The molecule has 1 aromatic carbocycles. The molecule has 3 nitrogen and oxygen atoms in total. The minimum Gasteiger partial charge on any atom is -0.431 e. The van der Waals surface area contributed by atoms with Gasteiger partial charge in [0, 0.05) is 11.6 Å². The summed E-state index contributed by atoms with van der Waals surface area (Å²) in [6.45, 7) is -1.69. The molecule has 1 fully saturated rings. The standard InChI is InChI=1S/C11H11BrClF2NO2/c12-8-3-6(13)4-9(10(8)18-11(14)15)16-7-1-2-17-5-7/h3-4,7,11,16H,1-2,5H2. The van der Waals surface area contributed by atoms with E-state index in [2.05, 4.69) is 26.0 Å². The minimum absolute atomic E-state index is 0.0568. The van der Waals surface area contributed by atoms with Gasteiger partial charge in [-0.05, 0) is 34.5 Å². The summed E-state index contributed by atoms with van der Waals surface area (Å²) in [6, 6.07) is 3.15. The van der Waals surface area contributed by atoms with Crippen molar-refractivity contribution in [3.8, 4) is 5.75 Å². The fourth-order valence-electron chi connectivity index (χ4n) is 1.74. The van der Waals surface area contributed by atoms with Crippen LogP contribution in [0.4, 0.5) is 14.5 Å². The Morgan fingerprint density at radius 2 is 2.28 bits per heavy atom. The summed E-state index contributed by atoms with van der Waals surface area (Å²) in [6.07, 6.45) is 0.818. The van der Waals surface area contributed by atoms with Gasteiger partial charge >= 0.3 is 6.61 Å². The van der Waals surface area contributed by atoms with Crippen molar-refractivity contribution >= 4 is 33.2 Å². The Hall–Kier alpha value is -0.590. The number of alkyl halides is 2. The van der Waals surface area contributed by atoms with Gasteiger partial charge in [-0.3, -0.25) is 0 Å². The zero-order valence-electron chi connectivity index (χ0n) is 9.26. The highest BCUT2D eigenvalue weighted by Crippen LogP contribution is 2.38. The van der Waals surface area contributed by atoms with Crippen LogP contribution in [0.2, 0.25) is 5.02 Å². The van der Waals surface area contributed by atoms with Gasteiger partial charge in [0.25, 0.3) is 0 Å². The molecular formula is C11H11BrClF2NO2. The summed E-state index contributed by atoms with van der Waals surface area (Å²) >= 11 is 9.06. The van der Waals surface area contributed by atoms with Crippen molar-refractivity contribution in [1.82, 2.24) is 0 Å². The van der Waals surface area contributed by atoms with Crippen LogP contribution in [0.25, 0.3) is 0 Å².